The first-order chi connectivity index (χ1) is 11.7. The summed E-state index contributed by atoms with van der Waals surface area (Å²) in [6, 6.07) is 10.4. The molecular weight excluding hydrogens is 322 g/mol. The molecule has 0 amide bonds. The highest BCUT2D eigenvalue weighted by molar-refractivity contribution is 7.80. The smallest absolute Gasteiger partial charge is 0.169 e. The van der Waals surface area contributed by atoms with Crippen LogP contribution in [0.15, 0.2) is 36.5 Å². The molecule has 0 saturated heterocycles. The molecule has 1 aromatic heterocycles. The molecule has 0 saturated carbocycles. The van der Waals surface area contributed by atoms with Crippen LogP contribution in [0.25, 0.3) is 0 Å². The average Bonchev–Trinajstić information content (AvgIpc) is 3.09. The zero-order valence-electron chi connectivity index (χ0n) is 14.3. The zero-order valence-corrected chi connectivity index (χ0v) is 15.1. The Kier molecular flexibility index (Phi) is 4.94. The molecule has 0 bridgehead atoms. The predicted molar refractivity (Wildman–Crippen MR) is 98.8 cm³/mol. The Morgan fingerprint density at radius 1 is 1.21 bits per heavy atom. The van der Waals surface area contributed by atoms with Crippen LogP contribution in [-0.2, 0) is 6.54 Å². The van der Waals surface area contributed by atoms with E-state index >= 15 is 0 Å². The van der Waals surface area contributed by atoms with Crippen molar-refractivity contribution in [2.24, 2.45) is 0 Å². The van der Waals surface area contributed by atoms with E-state index in [1.54, 1.807) is 14.2 Å². The Labute approximate surface area is 148 Å². The van der Waals surface area contributed by atoms with Crippen molar-refractivity contribution in [3.05, 3.63) is 47.8 Å². The minimum Gasteiger partial charge on any atom is -0.493 e. The monoisotopic (exact) mass is 345 g/mol. The minimum absolute atomic E-state index is 0.0557. The van der Waals surface area contributed by atoms with Crippen LogP contribution >= 0.6 is 12.2 Å². The Morgan fingerprint density at radius 2 is 2.00 bits per heavy atom. The van der Waals surface area contributed by atoms with E-state index in [-0.39, 0.29) is 6.04 Å². The molecule has 2 aromatic rings. The van der Waals surface area contributed by atoms with E-state index in [0.717, 1.165) is 41.8 Å². The van der Waals surface area contributed by atoms with Crippen molar-refractivity contribution >= 4 is 17.3 Å². The van der Waals surface area contributed by atoms with E-state index < -0.39 is 0 Å². The molecule has 1 atom stereocenters. The molecule has 0 fully saturated rings. The molecule has 2 heterocycles. The van der Waals surface area contributed by atoms with E-state index in [4.69, 9.17) is 21.7 Å². The van der Waals surface area contributed by atoms with Crippen molar-refractivity contribution in [3.8, 4) is 11.5 Å². The number of fused-ring (bicyclic) bond motifs is 1. The molecule has 24 heavy (non-hydrogen) atoms. The summed E-state index contributed by atoms with van der Waals surface area (Å²) in [6.07, 6.45) is 2.12. The van der Waals surface area contributed by atoms with Crippen molar-refractivity contribution in [1.29, 1.82) is 0 Å². The van der Waals surface area contributed by atoms with Gasteiger partial charge in [0.2, 0.25) is 0 Å². The van der Waals surface area contributed by atoms with Crippen molar-refractivity contribution in [3.63, 3.8) is 0 Å². The van der Waals surface area contributed by atoms with Gasteiger partial charge in [-0.15, -0.1) is 0 Å². The van der Waals surface area contributed by atoms with Crippen LogP contribution in [0.5, 0.6) is 11.5 Å². The van der Waals surface area contributed by atoms with Gasteiger partial charge < -0.3 is 24.3 Å². The third kappa shape index (κ3) is 2.94. The van der Waals surface area contributed by atoms with Crippen LogP contribution in [0.1, 0.15) is 24.2 Å². The number of ether oxygens (including phenoxy) is 2. The summed E-state index contributed by atoms with van der Waals surface area (Å²) >= 11 is 5.61. The van der Waals surface area contributed by atoms with Crippen LogP contribution < -0.4 is 14.8 Å². The van der Waals surface area contributed by atoms with Crippen LogP contribution in [-0.4, -0.2) is 41.9 Å². The molecule has 1 N–H and O–H groups in total. The molecule has 5 nitrogen and oxygen atoms in total. The molecule has 0 unspecified atom stereocenters. The lowest BCUT2D eigenvalue weighted by atomic mass is 9.99. The Bertz CT molecular complexity index is 729. The third-order valence-electron chi connectivity index (χ3n) is 4.35. The van der Waals surface area contributed by atoms with Gasteiger partial charge in [-0.05, 0) is 49.0 Å². The lowest BCUT2D eigenvalue weighted by Gasteiger charge is -2.39. The standard InChI is InChI=1S/C18H23N3O2S/c1-4-19-18(24)21-11-10-20-9-5-6-14(20)17(21)13-7-8-15(22-2)16(12-13)23-3/h5-9,12,17H,4,10-11H2,1-3H3,(H,19,24)/t17-/m0/s1. The van der Waals surface area contributed by atoms with E-state index in [2.05, 4.69) is 46.1 Å². The summed E-state index contributed by atoms with van der Waals surface area (Å²) in [5, 5.41) is 4.06. The molecule has 3 rings (SSSR count). The van der Waals surface area contributed by atoms with Gasteiger partial charge in [-0.1, -0.05) is 6.07 Å². The van der Waals surface area contributed by atoms with E-state index in [1.807, 2.05) is 12.1 Å². The minimum atomic E-state index is 0.0557. The summed E-state index contributed by atoms with van der Waals surface area (Å²) in [7, 11) is 3.31. The Hall–Kier alpha value is -2.21. The summed E-state index contributed by atoms with van der Waals surface area (Å²) in [5.41, 5.74) is 2.36. The maximum Gasteiger partial charge on any atom is 0.169 e. The van der Waals surface area contributed by atoms with Crippen LogP contribution in [0, 0.1) is 0 Å². The number of hydrogen-bond donors (Lipinski definition) is 1. The van der Waals surface area contributed by atoms with E-state index in [9.17, 15) is 0 Å². The fraction of sp³-hybridized carbons (Fsp3) is 0.389. The van der Waals surface area contributed by atoms with Gasteiger partial charge in [-0.25, -0.2) is 0 Å². The maximum absolute atomic E-state index is 5.61. The highest BCUT2D eigenvalue weighted by atomic mass is 32.1. The molecule has 0 aliphatic carbocycles. The highest BCUT2D eigenvalue weighted by Gasteiger charge is 2.30. The second-order valence-electron chi connectivity index (χ2n) is 5.67. The zero-order chi connectivity index (χ0) is 17.1. The number of nitrogens with zero attached hydrogens (tertiary/aromatic N) is 2. The number of rotatable bonds is 4. The number of hydrogen-bond acceptors (Lipinski definition) is 3. The topological polar surface area (TPSA) is 38.7 Å². The summed E-state index contributed by atoms with van der Waals surface area (Å²) < 4.78 is 13.1. The van der Waals surface area contributed by atoms with Crippen molar-refractivity contribution < 1.29 is 9.47 Å². The van der Waals surface area contributed by atoms with Crippen molar-refractivity contribution in [2.75, 3.05) is 27.3 Å². The van der Waals surface area contributed by atoms with Gasteiger partial charge >= 0.3 is 0 Å². The molecule has 1 aliphatic heterocycles. The fourth-order valence-corrected chi connectivity index (χ4v) is 3.57. The highest BCUT2D eigenvalue weighted by Crippen LogP contribution is 2.37. The van der Waals surface area contributed by atoms with Gasteiger partial charge in [-0.2, -0.15) is 0 Å². The molecule has 0 spiro atoms. The number of methoxy groups -OCH3 is 2. The first-order valence-electron chi connectivity index (χ1n) is 8.11. The van der Waals surface area contributed by atoms with Gasteiger partial charge in [0.05, 0.1) is 20.3 Å². The van der Waals surface area contributed by atoms with Gasteiger partial charge in [0, 0.05) is 31.5 Å². The lowest BCUT2D eigenvalue weighted by molar-refractivity contribution is 0.285. The molecule has 1 aliphatic rings. The number of thiocarbonyl (C=S) groups is 1. The third-order valence-corrected chi connectivity index (χ3v) is 4.73. The van der Waals surface area contributed by atoms with Crippen molar-refractivity contribution in [2.45, 2.75) is 19.5 Å². The van der Waals surface area contributed by atoms with E-state index in [1.165, 1.54) is 5.69 Å². The van der Waals surface area contributed by atoms with Gasteiger partial charge in [0.15, 0.2) is 16.6 Å². The SMILES string of the molecule is CCNC(=S)N1CCn2cccc2[C@@H]1c1ccc(OC)c(OC)c1. The molecular formula is C18H23N3O2S. The number of nitrogens with one attached hydrogen (secondary N) is 1. The Balaban J connectivity index is 2.05. The van der Waals surface area contributed by atoms with Crippen LogP contribution in [0.2, 0.25) is 0 Å². The molecule has 0 radical (unpaired) electrons. The van der Waals surface area contributed by atoms with Gasteiger partial charge in [0.25, 0.3) is 0 Å². The second kappa shape index (κ2) is 7.13. The second-order valence-corrected chi connectivity index (χ2v) is 6.06. The quantitative estimate of drug-likeness (QED) is 0.863. The van der Waals surface area contributed by atoms with Crippen LogP contribution in [0.4, 0.5) is 0 Å². The molecule has 1 aromatic carbocycles. The van der Waals surface area contributed by atoms with Gasteiger partial charge in [0.1, 0.15) is 0 Å². The normalized spacial score (nSPS) is 16.5. The first kappa shape index (κ1) is 16.6. The number of benzene rings is 1. The lowest BCUT2D eigenvalue weighted by Crippen LogP contribution is -2.47. The van der Waals surface area contributed by atoms with Crippen LogP contribution in [0.3, 0.4) is 0 Å². The van der Waals surface area contributed by atoms with E-state index in [0.29, 0.717) is 0 Å². The Morgan fingerprint density at radius 3 is 2.71 bits per heavy atom. The fourth-order valence-electron chi connectivity index (χ4n) is 3.23. The molecule has 6 heteroatoms. The summed E-state index contributed by atoms with van der Waals surface area (Å²) in [5.74, 6) is 1.46. The molecule has 128 valence electrons. The average molecular weight is 345 g/mol. The summed E-state index contributed by atoms with van der Waals surface area (Å²) in [6.45, 7) is 4.67. The number of aromatic nitrogens is 1. The maximum atomic E-state index is 5.61. The van der Waals surface area contributed by atoms with Crippen molar-refractivity contribution in [1.82, 2.24) is 14.8 Å². The largest absolute Gasteiger partial charge is 0.493 e. The van der Waals surface area contributed by atoms with Gasteiger partial charge in [-0.3, -0.25) is 0 Å². The predicted octanol–water partition coefficient (Wildman–Crippen LogP) is 2.80. The summed E-state index contributed by atoms with van der Waals surface area (Å²) in [4.78, 5) is 2.25. The first-order valence-corrected chi connectivity index (χ1v) is 8.51.